The average molecular weight is 322 g/mol. The SMILES string of the molecule is O=C(NC(=O)c1c(F)cccc1F)Oc1ccc([N+](=O)[O-])cc1. The third-order valence-corrected chi connectivity index (χ3v) is 2.66. The van der Waals surface area contributed by atoms with Crippen LogP contribution in [0.3, 0.4) is 0 Å². The number of nitro benzene ring substituents is 1. The largest absolute Gasteiger partial charge is 0.419 e. The van der Waals surface area contributed by atoms with E-state index in [4.69, 9.17) is 0 Å². The van der Waals surface area contributed by atoms with Gasteiger partial charge in [-0.2, -0.15) is 0 Å². The van der Waals surface area contributed by atoms with Crippen molar-refractivity contribution in [3.8, 4) is 5.75 Å². The van der Waals surface area contributed by atoms with Crippen LogP contribution in [0.4, 0.5) is 19.3 Å². The molecule has 2 aromatic carbocycles. The van der Waals surface area contributed by atoms with E-state index < -0.39 is 34.1 Å². The van der Waals surface area contributed by atoms with Crippen molar-refractivity contribution in [2.24, 2.45) is 0 Å². The molecule has 0 aromatic heterocycles. The van der Waals surface area contributed by atoms with E-state index in [0.29, 0.717) is 0 Å². The van der Waals surface area contributed by atoms with Crippen LogP contribution in [0.1, 0.15) is 10.4 Å². The molecule has 0 saturated heterocycles. The fraction of sp³-hybridized carbons (Fsp3) is 0. The summed E-state index contributed by atoms with van der Waals surface area (Å²) in [6, 6.07) is 7.22. The van der Waals surface area contributed by atoms with Crippen LogP contribution in [0.5, 0.6) is 5.75 Å². The van der Waals surface area contributed by atoms with Crippen molar-refractivity contribution in [3.05, 3.63) is 69.8 Å². The van der Waals surface area contributed by atoms with Gasteiger partial charge in [0, 0.05) is 12.1 Å². The number of nitrogens with zero attached hydrogens (tertiary/aromatic N) is 1. The zero-order valence-corrected chi connectivity index (χ0v) is 11.3. The summed E-state index contributed by atoms with van der Waals surface area (Å²) in [6.45, 7) is 0. The maximum absolute atomic E-state index is 13.4. The van der Waals surface area contributed by atoms with Crippen LogP contribution in [0.2, 0.25) is 0 Å². The Kier molecular flexibility index (Phi) is 4.60. The van der Waals surface area contributed by atoms with Gasteiger partial charge in [-0.05, 0) is 24.3 Å². The van der Waals surface area contributed by atoms with Gasteiger partial charge in [-0.25, -0.2) is 13.6 Å². The number of rotatable bonds is 3. The molecule has 0 saturated carbocycles. The number of carbonyl (C=O) groups is 2. The minimum Gasteiger partial charge on any atom is -0.410 e. The Morgan fingerprint density at radius 3 is 2.13 bits per heavy atom. The van der Waals surface area contributed by atoms with E-state index in [1.165, 1.54) is 0 Å². The first-order valence-electron chi connectivity index (χ1n) is 6.10. The molecule has 0 unspecified atom stereocenters. The highest BCUT2D eigenvalue weighted by atomic mass is 19.1. The summed E-state index contributed by atoms with van der Waals surface area (Å²) < 4.78 is 31.4. The smallest absolute Gasteiger partial charge is 0.410 e. The van der Waals surface area contributed by atoms with Crippen molar-refractivity contribution in [2.75, 3.05) is 0 Å². The number of hydrogen-bond donors (Lipinski definition) is 1. The maximum Gasteiger partial charge on any atom is 0.419 e. The van der Waals surface area contributed by atoms with Crippen LogP contribution < -0.4 is 10.1 Å². The number of hydrogen-bond acceptors (Lipinski definition) is 5. The van der Waals surface area contributed by atoms with Crippen molar-refractivity contribution in [3.63, 3.8) is 0 Å². The minimum absolute atomic E-state index is 0.0881. The Labute approximate surface area is 127 Å². The number of ether oxygens (including phenoxy) is 1. The Hall–Kier alpha value is -3.36. The molecule has 2 rings (SSSR count). The molecule has 0 atom stereocenters. The first-order chi connectivity index (χ1) is 10.9. The highest BCUT2D eigenvalue weighted by Gasteiger charge is 2.20. The highest BCUT2D eigenvalue weighted by molar-refractivity contribution is 6.03. The molecule has 2 aromatic rings. The van der Waals surface area contributed by atoms with E-state index in [2.05, 4.69) is 4.74 Å². The number of halogens is 2. The molecular weight excluding hydrogens is 314 g/mol. The average Bonchev–Trinajstić information content (AvgIpc) is 2.47. The van der Waals surface area contributed by atoms with Crippen molar-refractivity contribution in [2.45, 2.75) is 0 Å². The molecule has 0 radical (unpaired) electrons. The minimum atomic E-state index is -1.31. The van der Waals surface area contributed by atoms with Gasteiger partial charge in [0.1, 0.15) is 22.9 Å². The quantitative estimate of drug-likeness (QED) is 0.692. The lowest BCUT2D eigenvalue weighted by molar-refractivity contribution is -0.384. The van der Waals surface area contributed by atoms with E-state index in [9.17, 15) is 28.5 Å². The lowest BCUT2D eigenvalue weighted by Crippen LogP contribution is -2.34. The third-order valence-electron chi connectivity index (χ3n) is 2.66. The second-order valence-corrected chi connectivity index (χ2v) is 4.19. The number of carbonyl (C=O) groups excluding carboxylic acids is 2. The molecule has 0 bridgehead atoms. The maximum atomic E-state index is 13.4. The molecule has 0 spiro atoms. The first kappa shape index (κ1) is 16.0. The van der Waals surface area contributed by atoms with Crippen molar-refractivity contribution in [1.29, 1.82) is 0 Å². The summed E-state index contributed by atoms with van der Waals surface area (Å²) in [7, 11) is 0. The number of nitro groups is 1. The Morgan fingerprint density at radius 2 is 1.61 bits per heavy atom. The number of amides is 2. The zero-order valence-electron chi connectivity index (χ0n) is 11.3. The molecule has 0 aliphatic heterocycles. The van der Waals surface area contributed by atoms with Gasteiger partial charge in [0.2, 0.25) is 0 Å². The predicted molar refractivity (Wildman–Crippen MR) is 72.9 cm³/mol. The Bertz CT molecular complexity index is 757. The van der Waals surface area contributed by atoms with Crippen LogP contribution in [-0.2, 0) is 0 Å². The monoisotopic (exact) mass is 322 g/mol. The fourth-order valence-electron chi connectivity index (χ4n) is 1.64. The number of imide groups is 1. The van der Waals surface area contributed by atoms with Gasteiger partial charge < -0.3 is 4.74 Å². The van der Waals surface area contributed by atoms with Gasteiger partial charge in [-0.3, -0.25) is 20.2 Å². The molecule has 118 valence electrons. The van der Waals surface area contributed by atoms with E-state index >= 15 is 0 Å². The summed E-state index contributed by atoms with van der Waals surface area (Å²) in [5.74, 6) is -3.67. The summed E-state index contributed by atoms with van der Waals surface area (Å²) in [5.41, 5.74) is -1.14. The van der Waals surface area contributed by atoms with Crippen LogP contribution in [0.25, 0.3) is 0 Å². The number of benzene rings is 2. The molecule has 23 heavy (non-hydrogen) atoms. The summed E-state index contributed by atoms with van der Waals surface area (Å²) in [5, 5.41) is 12.1. The fourth-order valence-corrected chi connectivity index (χ4v) is 1.64. The van der Waals surface area contributed by atoms with Crippen molar-refractivity contribution in [1.82, 2.24) is 5.32 Å². The lowest BCUT2D eigenvalue weighted by Gasteiger charge is -2.07. The first-order valence-corrected chi connectivity index (χ1v) is 6.10. The van der Waals surface area contributed by atoms with Crippen molar-refractivity contribution >= 4 is 17.7 Å². The van der Waals surface area contributed by atoms with Gasteiger partial charge in [-0.15, -0.1) is 0 Å². The molecule has 1 N–H and O–H groups in total. The zero-order chi connectivity index (χ0) is 17.0. The van der Waals surface area contributed by atoms with Crippen molar-refractivity contribution < 1.29 is 28.0 Å². The molecule has 0 heterocycles. The topological polar surface area (TPSA) is 98.5 Å². The number of non-ortho nitro benzene ring substituents is 1. The van der Waals surface area contributed by atoms with E-state index in [-0.39, 0.29) is 11.4 Å². The van der Waals surface area contributed by atoms with E-state index in [0.717, 1.165) is 42.5 Å². The van der Waals surface area contributed by atoms with Crippen LogP contribution in [-0.4, -0.2) is 16.9 Å². The Balaban J connectivity index is 2.04. The molecule has 2 amide bonds. The normalized spacial score (nSPS) is 10.0. The molecule has 9 heteroatoms. The number of nitrogens with one attached hydrogen (secondary N) is 1. The second kappa shape index (κ2) is 6.60. The molecule has 0 aliphatic carbocycles. The standard InChI is InChI=1S/C14H8F2N2O5/c15-10-2-1-3-11(16)12(10)13(19)17-14(20)23-9-6-4-8(5-7-9)18(21)22/h1-7H,(H,17,19,20). The van der Waals surface area contributed by atoms with Gasteiger partial charge in [0.25, 0.3) is 11.6 Å². The van der Waals surface area contributed by atoms with Crippen LogP contribution >= 0.6 is 0 Å². The molecular formula is C14H8F2N2O5. The van der Waals surface area contributed by atoms with Gasteiger partial charge in [-0.1, -0.05) is 6.07 Å². The predicted octanol–water partition coefficient (Wildman–Crippen LogP) is 2.80. The third kappa shape index (κ3) is 3.84. The molecule has 7 nitrogen and oxygen atoms in total. The van der Waals surface area contributed by atoms with Gasteiger partial charge in [0.15, 0.2) is 0 Å². The van der Waals surface area contributed by atoms with E-state index in [1.807, 2.05) is 0 Å². The molecule has 0 fully saturated rings. The summed E-state index contributed by atoms with van der Waals surface area (Å²) in [6.07, 6.45) is -1.29. The Morgan fingerprint density at radius 1 is 1.04 bits per heavy atom. The summed E-state index contributed by atoms with van der Waals surface area (Å²) >= 11 is 0. The lowest BCUT2D eigenvalue weighted by atomic mass is 10.2. The van der Waals surface area contributed by atoms with E-state index in [1.54, 1.807) is 5.32 Å². The van der Waals surface area contributed by atoms with Gasteiger partial charge in [0.05, 0.1) is 4.92 Å². The highest BCUT2D eigenvalue weighted by Crippen LogP contribution is 2.17. The van der Waals surface area contributed by atoms with Gasteiger partial charge >= 0.3 is 6.09 Å². The summed E-state index contributed by atoms with van der Waals surface area (Å²) in [4.78, 5) is 33.0. The molecule has 0 aliphatic rings. The van der Waals surface area contributed by atoms with Crippen LogP contribution in [0, 0.1) is 21.7 Å². The second-order valence-electron chi connectivity index (χ2n) is 4.19. The van der Waals surface area contributed by atoms with Crippen LogP contribution in [0.15, 0.2) is 42.5 Å².